The lowest BCUT2D eigenvalue weighted by Crippen LogP contribution is -2.45. The Morgan fingerprint density at radius 3 is 2.66 bits per heavy atom. The van der Waals surface area contributed by atoms with Crippen LogP contribution in [0.3, 0.4) is 0 Å². The molecule has 0 unspecified atom stereocenters. The minimum atomic E-state index is -2.14. The first kappa shape index (κ1) is 26.5. The maximum absolute atomic E-state index is 16.5. The molecule has 194 valence electrons. The van der Waals surface area contributed by atoms with Crippen LogP contribution in [0.1, 0.15) is 40.8 Å². The third kappa shape index (κ3) is 5.15. The predicted molar refractivity (Wildman–Crippen MR) is 124 cm³/mol. The Labute approximate surface area is 202 Å². The minimum Gasteiger partial charge on any atom is -0.469 e. The Morgan fingerprint density at radius 1 is 1.37 bits per heavy atom. The summed E-state index contributed by atoms with van der Waals surface area (Å²) in [4.78, 5) is 36.8. The molecule has 0 aliphatic carbocycles. The van der Waals surface area contributed by atoms with Crippen LogP contribution in [0.5, 0.6) is 0 Å². The highest BCUT2D eigenvalue weighted by molar-refractivity contribution is 5.84. The number of nitrogens with zero attached hydrogens (tertiary/aromatic N) is 4. The van der Waals surface area contributed by atoms with Crippen molar-refractivity contribution in [3.63, 3.8) is 0 Å². The number of hydrogen-bond donors (Lipinski definition) is 2. The number of hydrogen-bond acceptors (Lipinski definition) is 11. The number of anilines is 2. The van der Waals surface area contributed by atoms with Gasteiger partial charge in [-0.3, -0.25) is 14.2 Å². The summed E-state index contributed by atoms with van der Waals surface area (Å²) in [7, 11) is 2.92. The van der Waals surface area contributed by atoms with E-state index in [1.807, 2.05) is 0 Å². The number of aromatic nitrogens is 4. The third-order valence-electron chi connectivity index (χ3n) is 5.83. The zero-order chi connectivity index (χ0) is 26.1. The summed E-state index contributed by atoms with van der Waals surface area (Å²) < 4.78 is 40.0. The van der Waals surface area contributed by atoms with Crippen LogP contribution >= 0.6 is 0 Å². The quantitative estimate of drug-likeness (QED) is 0.489. The first-order chi connectivity index (χ1) is 16.3. The van der Waals surface area contributed by atoms with Gasteiger partial charge in [-0.05, 0) is 20.8 Å². The molecular weight excluding hydrogens is 463 g/mol. The number of esters is 2. The van der Waals surface area contributed by atoms with E-state index in [-0.39, 0.29) is 30.7 Å². The summed E-state index contributed by atoms with van der Waals surface area (Å²) in [5, 5.41) is 2.88. The molecule has 0 saturated carbocycles. The van der Waals surface area contributed by atoms with Gasteiger partial charge in [0.15, 0.2) is 28.9 Å². The second-order valence-corrected chi connectivity index (χ2v) is 9.57. The zero-order valence-corrected chi connectivity index (χ0v) is 21.0. The van der Waals surface area contributed by atoms with Crippen LogP contribution in [0.2, 0.25) is 0 Å². The van der Waals surface area contributed by atoms with Gasteiger partial charge < -0.3 is 30.0 Å². The topological polar surface area (TPSA) is 153 Å². The van der Waals surface area contributed by atoms with Crippen molar-refractivity contribution < 1.29 is 32.9 Å². The van der Waals surface area contributed by atoms with Gasteiger partial charge in [0.1, 0.15) is 18.8 Å². The summed E-state index contributed by atoms with van der Waals surface area (Å²) in [5.74, 6) is -1.00. The normalized spacial score (nSPS) is 24.7. The molecule has 2 aromatic heterocycles. The third-order valence-corrected chi connectivity index (χ3v) is 5.83. The van der Waals surface area contributed by atoms with Crippen LogP contribution in [0, 0.1) is 11.3 Å². The molecule has 3 N–H and O–H groups in total. The summed E-state index contributed by atoms with van der Waals surface area (Å²) in [6.45, 7) is 7.53. The lowest BCUT2D eigenvalue weighted by atomic mass is 9.93. The SMILES string of the molecule is CNc1nc(N)nc2c1ncn2[C@@H]1O[C@H](COC(=O)C(C)C)[C@@H](OCC(C)(C)C(=O)OC)[C@@]1(C)F. The second kappa shape index (κ2) is 9.90. The van der Waals surface area contributed by atoms with Crippen LogP contribution in [0.15, 0.2) is 6.33 Å². The molecule has 0 spiro atoms. The van der Waals surface area contributed by atoms with Gasteiger partial charge in [0.05, 0.1) is 31.4 Å². The summed E-state index contributed by atoms with van der Waals surface area (Å²) in [6.07, 6.45) is -2.05. The standard InChI is InChI=1S/C22H33FN6O6/c1-11(2)17(30)33-8-12-14(34-9-21(3,4)19(31)32-7)22(5,23)18(35-12)29-10-26-13-15(25-6)27-20(24)28-16(13)29/h10-12,14,18H,8-9H2,1-7H3,(H3,24,25,27,28)/t12-,14-,18-,22-/m1/s1. The maximum atomic E-state index is 16.5. The fourth-order valence-electron chi connectivity index (χ4n) is 3.85. The molecule has 1 aliphatic rings. The summed E-state index contributed by atoms with van der Waals surface area (Å²) in [5.41, 5.74) is 3.27. The zero-order valence-electron chi connectivity index (χ0n) is 21.0. The fraction of sp³-hybridized carbons (Fsp3) is 0.682. The number of carbonyl (C=O) groups is 2. The minimum absolute atomic E-state index is 0.0304. The molecule has 0 aromatic carbocycles. The van der Waals surface area contributed by atoms with Crippen molar-refractivity contribution in [2.45, 2.75) is 58.7 Å². The molecule has 1 aliphatic heterocycles. The van der Waals surface area contributed by atoms with Crippen molar-refractivity contribution >= 4 is 34.9 Å². The van der Waals surface area contributed by atoms with Gasteiger partial charge in [-0.1, -0.05) is 13.8 Å². The van der Waals surface area contributed by atoms with Gasteiger partial charge in [-0.25, -0.2) is 9.37 Å². The summed E-state index contributed by atoms with van der Waals surface area (Å²) in [6, 6.07) is 0. The van der Waals surface area contributed by atoms with Gasteiger partial charge in [0, 0.05) is 7.05 Å². The largest absolute Gasteiger partial charge is 0.469 e. The highest BCUT2D eigenvalue weighted by atomic mass is 19.1. The van der Waals surface area contributed by atoms with Crippen molar-refractivity contribution in [1.29, 1.82) is 0 Å². The number of fused-ring (bicyclic) bond motifs is 1. The predicted octanol–water partition coefficient (Wildman–Crippen LogP) is 1.86. The Hall–Kier alpha value is -3.06. The number of alkyl halides is 1. The number of rotatable bonds is 9. The van der Waals surface area contributed by atoms with E-state index in [0.717, 1.165) is 0 Å². The first-order valence-corrected chi connectivity index (χ1v) is 11.2. The van der Waals surface area contributed by atoms with E-state index >= 15 is 4.39 Å². The monoisotopic (exact) mass is 496 g/mol. The average Bonchev–Trinajstić information content (AvgIpc) is 3.31. The number of nitrogens with one attached hydrogen (secondary N) is 1. The van der Waals surface area contributed by atoms with Crippen molar-refractivity contribution in [1.82, 2.24) is 19.5 Å². The van der Waals surface area contributed by atoms with Crippen LogP contribution in [0.25, 0.3) is 11.2 Å². The first-order valence-electron chi connectivity index (χ1n) is 11.2. The van der Waals surface area contributed by atoms with Gasteiger partial charge in [-0.2, -0.15) is 9.97 Å². The highest BCUT2D eigenvalue weighted by Crippen LogP contribution is 2.45. The van der Waals surface area contributed by atoms with Gasteiger partial charge in [0.2, 0.25) is 5.95 Å². The molecule has 3 rings (SSSR count). The van der Waals surface area contributed by atoms with Crippen molar-refractivity contribution in [3.8, 4) is 0 Å². The highest BCUT2D eigenvalue weighted by Gasteiger charge is 2.57. The number of nitrogens with two attached hydrogens (primary N) is 1. The van der Waals surface area contributed by atoms with Crippen LogP contribution in [0.4, 0.5) is 16.2 Å². The second-order valence-electron chi connectivity index (χ2n) is 9.57. The molecule has 35 heavy (non-hydrogen) atoms. The van der Waals surface area contributed by atoms with Gasteiger partial charge in [0.25, 0.3) is 0 Å². The summed E-state index contributed by atoms with van der Waals surface area (Å²) >= 11 is 0. The number of methoxy groups -OCH3 is 1. The van der Waals surface area contributed by atoms with Crippen molar-refractivity contribution in [2.75, 3.05) is 38.4 Å². The molecule has 1 fully saturated rings. The van der Waals surface area contributed by atoms with E-state index in [2.05, 4.69) is 20.3 Å². The molecule has 3 heterocycles. The van der Waals surface area contributed by atoms with E-state index in [1.54, 1.807) is 34.7 Å². The fourth-order valence-corrected chi connectivity index (χ4v) is 3.85. The van der Waals surface area contributed by atoms with Gasteiger partial charge >= 0.3 is 11.9 Å². The van der Waals surface area contributed by atoms with Crippen LogP contribution in [-0.4, -0.2) is 76.7 Å². The van der Waals surface area contributed by atoms with E-state index < -0.39 is 41.5 Å². The Morgan fingerprint density at radius 2 is 2.06 bits per heavy atom. The molecule has 0 amide bonds. The smallest absolute Gasteiger partial charge is 0.313 e. The number of halogens is 1. The number of imidazole rings is 1. The Bertz CT molecular complexity index is 1090. The number of ether oxygens (including phenoxy) is 4. The van der Waals surface area contributed by atoms with E-state index in [4.69, 9.17) is 24.7 Å². The van der Waals surface area contributed by atoms with Gasteiger partial charge in [-0.15, -0.1) is 0 Å². The Kier molecular flexibility index (Phi) is 7.50. The molecule has 4 atom stereocenters. The van der Waals surface area contributed by atoms with E-state index in [9.17, 15) is 9.59 Å². The molecule has 0 radical (unpaired) electrons. The molecule has 2 aromatic rings. The van der Waals surface area contributed by atoms with E-state index in [0.29, 0.717) is 11.3 Å². The van der Waals surface area contributed by atoms with Crippen LogP contribution < -0.4 is 11.1 Å². The lowest BCUT2D eigenvalue weighted by molar-refractivity contribution is -0.161. The molecule has 0 bridgehead atoms. The Balaban J connectivity index is 1.96. The number of nitrogen functional groups attached to an aromatic ring is 1. The molecule has 12 nitrogen and oxygen atoms in total. The molecular formula is C22H33FN6O6. The molecule has 13 heteroatoms. The van der Waals surface area contributed by atoms with E-state index in [1.165, 1.54) is 24.9 Å². The number of carbonyl (C=O) groups excluding carboxylic acids is 2. The average molecular weight is 497 g/mol. The molecule has 1 saturated heterocycles. The lowest BCUT2D eigenvalue weighted by Gasteiger charge is -2.31. The van der Waals surface area contributed by atoms with Crippen LogP contribution in [-0.2, 0) is 28.5 Å². The van der Waals surface area contributed by atoms with Crippen molar-refractivity contribution in [3.05, 3.63) is 6.33 Å². The van der Waals surface area contributed by atoms with Crippen molar-refractivity contribution in [2.24, 2.45) is 11.3 Å². The maximum Gasteiger partial charge on any atom is 0.313 e.